The Morgan fingerprint density at radius 3 is 2.64 bits per heavy atom. The third-order valence-corrected chi connectivity index (χ3v) is 10.1. The predicted octanol–water partition coefficient (Wildman–Crippen LogP) is 1.26. The van der Waals surface area contributed by atoms with E-state index in [-0.39, 0.29) is 35.7 Å². The number of amides is 3. The van der Waals surface area contributed by atoms with E-state index in [2.05, 4.69) is 39.3 Å². The van der Waals surface area contributed by atoms with Crippen LogP contribution in [0.2, 0.25) is 0 Å². The Morgan fingerprint density at radius 1 is 1.20 bits per heavy atom. The van der Waals surface area contributed by atoms with Crippen LogP contribution in [-0.4, -0.2) is 138 Å². The van der Waals surface area contributed by atoms with Crippen molar-refractivity contribution in [1.82, 2.24) is 20.0 Å². The average Bonchev–Trinajstić information content (AvgIpc) is 3.62. The first-order chi connectivity index (χ1) is 21.7. The molecule has 12 nitrogen and oxygen atoms in total. The largest absolute Gasteiger partial charge is 0.460 e. The van der Waals surface area contributed by atoms with Gasteiger partial charge in [0.05, 0.1) is 37.7 Å². The van der Waals surface area contributed by atoms with E-state index < -0.39 is 41.7 Å². The van der Waals surface area contributed by atoms with Crippen LogP contribution in [0.25, 0.3) is 0 Å². The van der Waals surface area contributed by atoms with Gasteiger partial charge in [0.1, 0.15) is 17.7 Å². The summed E-state index contributed by atoms with van der Waals surface area (Å²) in [5.41, 5.74) is -1.19. The number of ether oxygens (including phenoxy) is 3. The van der Waals surface area contributed by atoms with Crippen LogP contribution in [0.4, 0.5) is 0 Å². The first-order valence-electron chi connectivity index (χ1n) is 16.2. The highest BCUT2D eigenvalue weighted by Gasteiger charge is 2.77. The SMILES string of the molecule is C=CCCC(=O)NC[C@@H](C)OC(=O)[C@@H]1[C@H]2O[C@@]3(CC2Br)[C@H](C(=O)N(CC=C)CCN2CCOCC2)N(CCCCCO)C(=O)[C@@H]13. The molecule has 1 unspecified atom stereocenters. The van der Waals surface area contributed by atoms with Gasteiger partial charge in [-0.3, -0.25) is 24.1 Å². The van der Waals surface area contributed by atoms with Crippen LogP contribution < -0.4 is 5.32 Å². The number of fused-ring (bicyclic) bond motifs is 1. The van der Waals surface area contributed by atoms with Gasteiger partial charge in [0.25, 0.3) is 0 Å². The van der Waals surface area contributed by atoms with Crippen LogP contribution >= 0.6 is 15.9 Å². The van der Waals surface area contributed by atoms with E-state index in [1.165, 1.54) is 0 Å². The number of morpholine rings is 1. The maximum atomic E-state index is 14.5. The lowest BCUT2D eigenvalue weighted by Crippen LogP contribution is -2.57. The standard InChI is InChI=1S/C32H49BrN4O8/c1-4-6-10-24(39)34-21-22(3)44-31(42)25-26-29(40)37(12-8-7-9-17-38)28(32(26)20-23(33)27(25)45-32)30(41)36(11-5-2)14-13-35-15-18-43-19-16-35/h4-5,22-23,25-28,38H,1-2,6-21H2,3H3,(H,34,39)/t22-,23?,25+,26-,27+,28+,32-/m1/s1. The molecule has 2 N–H and O–H groups in total. The van der Waals surface area contributed by atoms with Gasteiger partial charge in [-0.1, -0.05) is 28.1 Å². The highest BCUT2D eigenvalue weighted by Crippen LogP contribution is 2.60. The summed E-state index contributed by atoms with van der Waals surface area (Å²) in [5.74, 6) is -2.99. The molecule has 3 amide bonds. The maximum absolute atomic E-state index is 14.5. The summed E-state index contributed by atoms with van der Waals surface area (Å²) in [5, 5.41) is 12.1. The first-order valence-corrected chi connectivity index (χ1v) is 17.1. The Bertz CT molecular complexity index is 1090. The van der Waals surface area contributed by atoms with Crippen LogP contribution in [-0.2, 0) is 33.4 Å². The van der Waals surface area contributed by atoms with Crippen LogP contribution in [0, 0.1) is 11.8 Å². The van der Waals surface area contributed by atoms with Gasteiger partial charge in [0.15, 0.2) is 0 Å². The number of carbonyl (C=O) groups excluding carboxylic acids is 4. The predicted molar refractivity (Wildman–Crippen MR) is 170 cm³/mol. The lowest BCUT2D eigenvalue weighted by molar-refractivity contribution is -0.159. The Hall–Kier alpha value is -2.32. The van der Waals surface area contributed by atoms with E-state index in [0.29, 0.717) is 77.9 Å². The Labute approximate surface area is 274 Å². The van der Waals surface area contributed by atoms with Crippen LogP contribution in [0.15, 0.2) is 25.3 Å². The highest BCUT2D eigenvalue weighted by molar-refractivity contribution is 9.09. The molecule has 0 aromatic carbocycles. The van der Waals surface area contributed by atoms with E-state index in [9.17, 15) is 24.3 Å². The molecule has 0 aromatic heterocycles. The molecule has 2 bridgehead atoms. The lowest BCUT2D eigenvalue weighted by atomic mass is 9.70. The quantitative estimate of drug-likeness (QED) is 0.0939. The fourth-order valence-corrected chi connectivity index (χ4v) is 8.04. The Kier molecular flexibility index (Phi) is 13.0. The smallest absolute Gasteiger partial charge is 0.312 e. The number of carbonyl (C=O) groups is 4. The molecule has 252 valence electrons. The number of hydrogen-bond donors (Lipinski definition) is 2. The number of aliphatic hydroxyl groups is 1. The molecule has 4 rings (SSSR count). The van der Waals surface area contributed by atoms with Gasteiger partial charge in [0.2, 0.25) is 17.7 Å². The van der Waals surface area contributed by atoms with Crippen molar-refractivity contribution < 1.29 is 38.5 Å². The molecule has 4 saturated heterocycles. The molecular formula is C32H49BrN4O8. The number of hydrogen-bond acceptors (Lipinski definition) is 9. The molecule has 45 heavy (non-hydrogen) atoms. The van der Waals surface area contributed by atoms with Gasteiger partial charge in [-0.25, -0.2) is 0 Å². The maximum Gasteiger partial charge on any atom is 0.312 e. The van der Waals surface area contributed by atoms with Gasteiger partial charge >= 0.3 is 5.97 Å². The fraction of sp³-hybridized carbons (Fsp3) is 0.750. The zero-order valence-corrected chi connectivity index (χ0v) is 28.0. The summed E-state index contributed by atoms with van der Waals surface area (Å²) in [6.07, 6.45) is 5.24. The number of aliphatic hydroxyl groups excluding tert-OH is 1. The zero-order valence-electron chi connectivity index (χ0n) is 26.4. The number of unbranched alkanes of at least 4 members (excludes halogenated alkanes) is 2. The first kappa shape index (κ1) is 35.5. The third kappa shape index (κ3) is 7.98. The van der Waals surface area contributed by atoms with E-state index in [1.807, 2.05) is 0 Å². The molecule has 0 aromatic rings. The zero-order chi connectivity index (χ0) is 32.6. The Balaban J connectivity index is 1.55. The molecule has 4 heterocycles. The number of halogens is 1. The van der Waals surface area contributed by atoms with Crippen molar-refractivity contribution in [2.24, 2.45) is 11.8 Å². The minimum absolute atomic E-state index is 0.0500. The van der Waals surface area contributed by atoms with Crippen molar-refractivity contribution in [3.05, 3.63) is 25.3 Å². The third-order valence-electron chi connectivity index (χ3n) is 9.28. The monoisotopic (exact) mass is 696 g/mol. The molecule has 0 aliphatic carbocycles. The summed E-state index contributed by atoms with van der Waals surface area (Å²) < 4.78 is 17.9. The topological polar surface area (TPSA) is 138 Å². The molecule has 1 spiro atoms. The second-order valence-corrected chi connectivity index (χ2v) is 13.6. The number of allylic oxidation sites excluding steroid dienone is 1. The number of esters is 1. The summed E-state index contributed by atoms with van der Waals surface area (Å²) in [4.78, 5) is 59.9. The number of nitrogens with one attached hydrogen (secondary N) is 1. The second kappa shape index (κ2) is 16.5. The molecule has 13 heteroatoms. The van der Waals surface area contributed by atoms with Crippen molar-refractivity contribution in [1.29, 1.82) is 0 Å². The molecule has 4 aliphatic rings. The molecule has 4 aliphatic heterocycles. The van der Waals surface area contributed by atoms with Gasteiger partial charge in [-0.2, -0.15) is 0 Å². The molecule has 0 radical (unpaired) electrons. The molecule has 7 atom stereocenters. The van der Waals surface area contributed by atoms with Crippen molar-refractivity contribution in [2.75, 3.05) is 65.6 Å². The van der Waals surface area contributed by atoms with Crippen molar-refractivity contribution >= 4 is 39.6 Å². The lowest BCUT2D eigenvalue weighted by Gasteiger charge is -2.38. The van der Waals surface area contributed by atoms with Gasteiger partial charge in [0, 0.05) is 57.1 Å². The van der Waals surface area contributed by atoms with E-state index in [0.717, 1.165) is 13.1 Å². The molecule has 4 fully saturated rings. The van der Waals surface area contributed by atoms with Crippen LogP contribution in [0.1, 0.15) is 45.4 Å². The number of alkyl halides is 1. The van der Waals surface area contributed by atoms with Crippen molar-refractivity contribution in [3.63, 3.8) is 0 Å². The second-order valence-electron chi connectivity index (χ2n) is 12.4. The number of rotatable bonds is 18. The summed E-state index contributed by atoms with van der Waals surface area (Å²) in [6.45, 7) is 14.0. The minimum Gasteiger partial charge on any atom is -0.460 e. The van der Waals surface area contributed by atoms with Crippen LogP contribution in [0.5, 0.6) is 0 Å². The van der Waals surface area contributed by atoms with Crippen LogP contribution in [0.3, 0.4) is 0 Å². The van der Waals surface area contributed by atoms with Gasteiger partial charge < -0.3 is 34.4 Å². The molecule has 0 saturated carbocycles. The summed E-state index contributed by atoms with van der Waals surface area (Å²) in [7, 11) is 0. The summed E-state index contributed by atoms with van der Waals surface area (Å²) in [6, 6.07) is -0.904. The van der Waals surface area contributed by atoms with Gasteiger partial charge in [-0.05, 0) is 39.0 Å². The average molecular weight is 698 g/mol. The number of nitrogens with zero attached hydrogens (tertiary/aromatic N) is 3. The van der Waals surface area contributed by atoms with Gasteiger partial charge in [-0.15, -0.1) is 13.2 Å². The minimum atomic E-state index is -1.19. The number of likely N-dealkylation sites (tertiary alicyclic amines) is 1. The Morgan fingerprint density at radius 2 is 1.96 bits per heavy atom. The highest BCUT2D eigenvalue weighted by atomic mass is 79.9. The van der Waals surface area contributed by atoms with E-state index in [4.69, 9.17) is 14.2 Å². The van der Waals surface area contributed by atoms with Crippen molar-refractivity contribution in [3.8, 4) is 0 Å². The fourth-order valence-electron chi connectivity index (χ4n) is 7.09. The van der Waals surface area contributed by atoms with Crippen molar-refractivity contribution in [2.45, 2.75) is 74.1 Å². The van der Waals surface area contributed by atoms with E-state index in [1.54, 1.807) is 28.9 Å². The van der Waals surface area contributed by atoms with E-state index >= 15 is 0 Å². The molecular weight excluding hydrogens is 648 g/mol. The normalized spacial score (nSPS) is 29.7. The summed E-state index contributed by atoms with van der Waals surface area (Å²) >= 11 is 3.70.